The standard InChI is InChI=1S/C16H23N3O3/c1-13-14(7-6-8-15(13)19(21)22)16(20)17-9-2-3-10-18-11-4-5-12-18/h6-8H,2-5,9-12H2,1H3,(H,17,20). The molecule has 1 aromatic rings. The van der Waals surface area contributed by atoms with Gasteiger partial charge in [0.05, 0.1) is 4.92 Å². The zero-order valence-electron chi connectivity index (χ0n) is 13.0. The lowest BCUT2D eigenvalue weighted by molar-refractivity contribution is -0.385. The summed E-state index contributed by atoms with van der Waals surface area (Å²) in [5.41, 5.74) is 0.789. The van der Waals surface area contributed by atoms with Crippen LogP contribution in [0.15, 0.2) is 18.2 Å². The third-order valence-electron chi connectivity index (χ3n) is 4.13. The molecule has 120 valence electrons. The highest BCUT2D eigenvalue weighted by molar-refractivity contribution is 5.96. The molecule has 0 saturated carbocycles. The van der Waals surface area contributed by atoms with E-state index in [9.17, 15) is 14.9 Å². The van der Waals surface area contributed by atoms with Crippen molar-refractivity contribution in [3.05, 3.63) is 39.4 Å². The van der Waals surface area contributed by atoms with Crippen molar-refractivity contribution in [3.63, 3.8) is 0 Å². The molecular formula is C16H23N3O3. The van der Waals surface area contributed by atoms with Gasteiger partial charge in [0.2, 0.25) is 0 Å². The number of benzene rings is 1. The minimum Gasteiger partial charge on any atom is -0.352 e. The number of carbonyl (C=O) groups is 1. The zero-order valence-corrected chi connectivity index (χ0v) is 13.0. The Balaban J connectivity index is 1.77. The number of amides is 1. The van der Waals surface area contributed by atoms with Gasteiger partial charge in [0.25, 0.3) is 11.6 Å². The maximum atomic E-state index is 12.1. The molecule has 2 rings (SSSR count). The van der Waals surface area contributed by atoms with Crippen LogP contribution in [0.25, 0.3) is 0 Å². The summed E-state index contributed by atoms with van der Waals surface area (Å²) in [6.45, 7) is 5.69. The molecule has 1 amide bonds. The van der Waals surface area contributed by atoms with E-state index in [1.165, 1.54) is 32.0 Å². The van der Waals surface area contributed by atoms with E-state index >= 15 is 0 Å². The van der Waals surface area contributed by atoms with Crippen LogP contribution >= 0.6 is 0 Å². The van der Waals surface area contributed by atoms with Crippen LogP contribution in [-0.2, 0) is 0 Å². The van der Waals surface area contributed by atoms with Crippen LogP contribution in [0.4, 0.5) is 5.69 Å². The summed E-state index contributed by atoms with van der Waals surface area (Å²) in [7, 11) is 0. The molecule has 1 aliphatic rings. The maximum absolute atomic E-state index is 12.1. The molecule has 0 spiro atoms. The van der Waals surface area contributed by atoms with E-state index in [1.54, 1.807) is 19.1 Å². The van der Waals surface area contributed by atoms with Crippen molar-refractivity contribution in [3.8, 4) is 0 Å². The van der Waals surface area contributed by atoms with Crippen molar-refractivity contribution in [2.45, 2.75) is 32.6 Å². The number of unbranched alkanes of at least 4 members (excludes halogenated alkanes) is 1. The van der Waals surface area contributed by atoms with Gasteiger partial charge in [-0.05, 0) is 58.3 Å². The van der Waals surface area contributed by atoms with E-state index in [4.69, 9.17) is 0 Å². The number of hydrogen-bond donors (Lipinski definition) is 1. The summed E-state index contributed by atoms with van der Waals surface area (Å²) in [5.74, 6) is -0.234. The lowest BCUT2D eigenvalue weighted by Gasteiger charge is -2.14. The number of nitro benzene ring substituents is 1. The molecule has 0 radical (unpaired) electrons. The van der Waals surface area contributed by atoms with Gasteiger partial charge >= 0.3 is 0 Å². The van der Waals surface area contributed by atoms with Gasteiger partial charge in [0.1, 0.15) is 0 Å². The first kappa shape index (κ1) is 16.4. The van der Waals surface area contributed by atoms with Gasteiger partial charge in [0, 0.05) is 23.7 Å². The van der Waals surface area contributed by atoms with Crippen LogP contribution in [0.1, 0.15) is 41.6 Å². The number of nitro groups is 1. The lowest BCUT2D eigenvalue weighted by atomic mass is 10.1. The number of nitrogens with one attached hydrogen (secondary N) is 1. The highest BCUT2D eigenvalue weighted by Crippen LogP contribution is 2.20. The Morgan fingerprint density at radius 3 is 2.73 bits per heavy atom. The van der Waals surface area contributed by atoms with Crippen molar-refractivity contribution in [2.75, 3.05) is 26.2 Å². The first-order valence-corrected chi connectivity index (χ1v) is 7.84. The predicted octanol–water partition coefficient (Wildman–Crippen LogP) is 2.51. The Labute approximate surface area is 130 Å². The van der Waals surface area contributed by atoms with Gasteiger partial charge < -0.3 is 10.2 Å². The van der Waals surface area contributed by atoms with Gasteiger partial charge in [-0.1, -0.05) is 6.07 Å². The number of rotatable bonds is 7. The third-order valence-corrected chi connectivity index (χ3v) is 4.13. The summed E-state index contributed by atoms with van der Waals surface area (Å²) >= 11 is 0. The highest BCUT2D eigenvalue weighted by Gasteiger charge is 2.17. The zero-order chi connectivity index (χ0) is 15.9. The lowest BCUT2D eigenvalue weighted by Crippen LogP contribution is -2.26. The van der Waals surface area contributed by atoms with Gasteiger partial charge in [-0.3, -0.25) is 14.9 Å². The Morgan fingerprint density at radius 2 is 2.05 bits per heavy atom. The van der Waals surface area contributed by atoms with E-state index in [2.05, 4.69) is 10.2 Å². The van der Waals surface area contributed by atoms with Crippen molar-refractivity contribution < 1.29 is 9.72 Å². The molecule has 1 aliphatic heterocycles. The number of nitrogens with zero attached hydrogens (tertiary/aromatic N) is 2. The molecule has 0 aliphatic carbocycles. The highest BCUT2D eigenvalue weighted by atomic mass is 16.6. The molecule has 22 heavy (non-hydrogen) atoms. The molecule has 0 unspecified atom stereocenters. The Kier molecular flexibility index (Phi) is 5.89. The normalized spacial score (nSPS) is 15.0. The predicted molar refractivity (Wildman–Crippen MR) is 85.1 cm³/mol. The molecule has 1 aromatic carbocycles. The van der Waals surface area contributed by atoms with Crippen LogP contribution < -0.4 is 5.32 Å². The molecule has 6 nitrogen and oxygen atoms in total. The Bertz CT molecular complexity index is 539. The molecule has 6 heteroatoms. The van der Waals surface area contributed by atoms with Gasteiger partial charge in [-0.25, -0.2) is 0 Å². The SMILES string of the molecule is Cc1c(C(=O)NCCCCN2CCCC2)cccc1[N+](=O)[O-]. The number of carbonyl (C=O) groups excluding carboxylic acids is 1. The topological polar surface area (TPSA) is 75.5 Å². The molecule has 1 heterocycles. The quantitative estimate of drug-likeness (QED) is 0.477. The minimum atomic E-state index is -0.456. The van der Waals surface area contributed by atoms with Gasteiger partial charge in [-0.2, -0.15) is 0 Å². The summed E-state index contributed by atoms with van der Waals surface area (Å²) < 4.78 is 0. The van der Waals surface area contributed by atoms with Crippen molar-refractivity contribution in [2.24, 2.45) is 0 Å². The first-order valence-electron chi connectivity index (χ1n) is 7.84. The largest absolute Gasteiger partial charge is 0.352 e. The van der Waals surface area contributed by atoms with E-state index < -0.39 is 4.92 Å². The molecule has 0 aromatic heterocycles. The number of likely N-dealkylation sites (tertiary alicyclic amines) is 1. The Hall–Kier alpha value is -1.95. The van der Waals surface area contributed by atoms with Crippen LogP contribution in [0, 0.1) is 17.0 Å². The summed E-state index contributed by atoms with van der Waals surface area (Å²) in [6.07, 6.45) is 4.58. The fraction of sp³-hybridized carbons (Fsp3) is 0.562. The van der Waals surface area contributed by atoms with Crippen molar-refractivity contribution in [1.29, 1.82) is 0 Å². The van der Waals surface area contributed by atoms with Gasteiger partial charge in [-0.15, -0.1) is 0 Å². The smallest absolute Gasteiger partial charge is 0.273 e. The van der Waals surface area contributed by atoms with E-state index in [1.807, 2.05) is 0 Å². The van der Waals surface area contributed by atoms with Crippen molar-refractivity contribution in [1.82, 2.24) is 10.2 Å². The second kappa shape index (κ2) is 7.89. The second-order valence-corrected chi connectivity index (χ2v) is 5.72. The van der Waals surface area contributed by atoms with Crippen LogP contribution in [0.2, 0.25) is 0 Å². The maximum Gasteiger partial charge on any atom is 0.273 e. The Morgan fingerprint density at radius 1 is 1.32 bits per heavy atom. The van der Waals surface area contributed by atoms with Crippen LogP contribution in [-0.4, -0.2) is 41.9 Å². The van der Waals surface area contributed by atoms with E-state index in [-0.39, 0.29) is 11.6 Å². The van der Waals surface area contributed by atoms with E-state index in [0.29, 0.717) is 17.7 Å². The average Bonchev–Trinajstić information content (AvgIpc) is 3.00. The molecule has 1 N–H and O–H groups in total. The molecule has 0 bridgehead atoms. The summed E-state index contributed by atoms with van der Waals surface area (Å²) in [4.78, 5) is 25.0. The van der Waals surface area contributed by atoms with Crippen LogP contribution in [0.5, 0.6) is 0 Å². The van der Waals surface area contributed by atoms with Gasteiger partial charge in [0.15, 0.2) is 0 Å². The number of hydrogen-bond acceptors (Lipinski definition) is 4. The minimum absolute atomic E-state index is 0.0123. The molecule has 0 atom stereocenters. The third kappa shape index (κ3) is 4.27. The first-order chi connectivity index (χ1) is 10.6. The fourth-order valence-electron chi connectivity index (χ4n) is 2.83. The average molecular weight is 305 g/mol. The summed E-state index contributed by atoms with van der Waals surface area (Å²) in [5, 5.41) is 13.7. The van der Waals surface area contributed by atoms with Crippen LogP contribution in [0.3, 0.4) is 0 Å². The van der Waals surface area contributed by atoms with E-state index in [0.717, 1.165) is 19.4 Å². The molecule has 1 saturated heterocycles. The second-order valence-electron chi connectivity index (χ2n) is 5.72. The molecular weight excluding hydrogens is 282 g/mol. The van der Waals surface area contributed by atoms with Crippen molar-refractivity contribution >= 4 is 11.6 Å². The monoisotopic (exact) mass is 305 g/mol. The molecule has 1 fully saturated rings. The summed E-state index contributed by atoms with van der Waals surface area (Å²) in [6, 6.07) is 4.59. The fourth-order valence-corrected chi connectivity index (χ4v) is 2.83.